The number of piperidine rings is 1. The van der Waals surface area contributed by atoms with Gasteiger partial charge in [0.2, 0.25) is 5.91 Å². The number of ether oxygens (including phenoxy) is 1. The van der Waals surface area contributed by atoms with Gasteiger partial charge in [-0.2, -0.15) is 4.98 Å². The Kier molecular flexibility index (Phi) is 5.49. The lowest BCUT2D eigenvalue weighted by atomic mass is 9.73. The number of nitrogens with zero attached hydrogens (tertiary/aromatic N) is 3. The summed E-state index contributed by atoms with van der Waals surface area (Å²) in [5.41, 5.74) is 2.22. The van der Waals surface area contributed by atoms with E-state index in [1.807, 2.05) is 17.0 Å². The highest BCUT2D eigenvalue weighted by atomic mass is 16.5. The topological polar surface area (TPSA) is 68.5 Å². The van der Waals surface area contributed by atoms with Crippen molar-refractivity contribution in [3.63, 3.8) is 0 Å². The first kappa shape index (κ1) is 19.1. The molecule has 6 heteroatoms. The molecule has 1 aromatic heterocycles. The van der Waals surface area contributed by atoms with Gasteiger partial charge in [0.25, 0.3) is 5.89 Å². The maximum atomic E-state index is 12.8. The fraction of sp³-hybridized carbons (Fsp3) is 0.591. The second-order valence-corrected chi connectivity index (χ2v) is 8.42. The lowest BCUT2D eigenvalue weighted by molar-refractivity contribution is -0.132. The highest BCUT2D eigenvalue weighted by Gasteiger charge is 2.44. The largest absolute Gasteiger partial charge is 0.375 e. The number of benzene rings is 1. The summed E-state index contributed by atoms with van der Waals surface area (Å²) in [6, 6.07) is 8.22. The van der Waals surface area contributed by atoms with E-state index >= 15 is 0 Å². The van der Waals surface area contributed by atoms with Crippen LogP contribution in [0.15, 0.2) is 28.8 Å². The highest BCUT2D eigenvalue weighted by Crippen LogP contribution is 2.46. The van der Waals surface area contributed by atoms with E-state index in [-0.39, 0.29) is 11.3 Å². The van der Waals surface area contributed by atoms with E-state index in [1.165, 1.54) is 18.4 Å². The van der Waals surface area contributed by atoms with Crippen molar-refractivity contribution in [1.82, 2.24) is 15.0 Å². The average Bonchev–Trinajstić information content (AvgIpc) is 3.38. The first-order chi connectivity index (χ1) is 13.6. The molecule has 0 radical (unpaired) electrons. The van der Waals surface area contributed by atoms with Crippen molar-refractivity contribution in [3.8, 4) is 0 Å². The molecule has 2 fully saturated rings. The van der Waals surface area contributed by atoms with E-state index in [2.05, 4.69) is 29.2 Å². The van der Waals surface area contributed by atoms with Gasteiger partial charge in [0.1, 0.15) is 6.61 Å². The van der Waals surface area contributed by atoms with Crippen molar-refractivity contribution in [2.75, 3.05) is 20.2 Å². The van der Waals surface area contributed by atoms with Crippen LogP contribution < -0.4 is 0 Å². The standard InChI is InChI=1S/C22H29N3O3/c1-16-3-5-17(6-4-16)13-20(26)25-11-9-22(10-12-25,14-18-7-8-18)21-23-19(15-27-2)28-24-21/h3-6,18H,7-15H2,1-2H3. The van der Waals surface area contributed by atoms with Crippen molar-refractivity contribution in [2.24, 2.45) is 5.92 Å². The molecule has 1 saturated heterocycles. The van der Waals surface area contributed by atoms with Crippen molar-refractivity contribution >= 4 is 5.91 Å². The molecule has 2 aromatic rings. The van der Waals surface area contributed by atoms with Gasteiger partial charge in [0, 0.05) is 25.6 Å². The van der Waals surface area contributed by atoms with Gasteiger partial charge in [-0.05, 0) is 37.7 Å². The molecule has 2 aliphatic rings. The third-order valence-electron chi connectivity index (χ3n) is 6.14. The predicted molar refractivity (Wildman–Crippen MR) is 105 cm³/mol. The van der Waals surface area contributed by atoms with Gasteiger partial charge in [-0.3, -0.25) is 4.79 Å². The smallest absolute Gasteiger partial charge is 0.252 e. The Balaban J connectivity index is 1.42. The summed E-state index contributed by atoms with van der Waals surface area (Å²) in [5, 5.41) is 4.29. The predicted octanol–water partition coefficient (Wildman–Crippen LogP) is 3.43. The van der Waals surface area contributed by atoms with Crippen LogP contribution in [0.1, 0.15) is 54.9 Å². The summed E-state index contributed by atoms with van der Waals surface area (Å²) in [6.45, 7) is 3.91. The number of likely N-dealkylation sites (tertiary alicyclic amines) is 1. The first-order valence-corrected chi connectivity index (χ1v) is 10.2. The van der Waals surface area contributed by atoms with Gasteiger partial charge in [0.05, 0.1) is 6.42 Å². The zero-order valence-corrected chi connectivity index (χ0v) is 16.8. The Morgan fingerprint density at radius 1 is 1.25 bits per heavy atom. The summed E-state index contributed by atoms with van der Waals surface area (Å²) in [7, 11) is 1.63. The Hall–Kier alpha value is -2.21. The molecule has 1 aliphatic carbocycles. The van der Waals surface area contributed by atoms with E-state index in [1.54, 1.807) is 7.11 Å². The summed E-state index contributed by atoms with van der Waals surface area (Å²) < 4.78 is 10.5. The summed E-state index contributed by atoms with van der Waals surface area (Å²) in [6.07, 6.45) is 5.94. The number of methoxy groups -OCH3 is 1. The van der Waals surface area contributed by atoms with Crippen molar-refractivity contribution in [3.05, 3.63) is 47.1 Å². The Morgan fingerprint density at radius 3 is 2.61 bits per heavy atom. The third-order valence-corrected chi connectivity index (χ3v) is 6.14. The molecule has 4 rings (SSSR count). The second kappa shape index (κ2) is 8.03. The SMILES string of the molecule is COCc1nc(C2(CC3CC3)CCN(C(=O)Cc3ccc(C)cc3)CC2)no1. The van der Waals surface area contributed by atoms with Gasteiger partial charge in [-0.1, -0.05) is 47.8 Å². The summed E-state index contributed by atoms with van der Waals surface area (Å²) in [4.78, 5) is 19.4. The number of amides is 1. The van der Waals surface area contributed by atoms with Crippen LogP contribution in [-0.2, 0) is 28.0 Å². The maximum Gasteiger partial charge on any atom is 0.252 e. The third kappa shape index (κ3) is 4.27. The van der Waals surface area contributed by atoms with Crippen molar-refractivity contribution in [1.29, 1.82) is 0 Å². The molecule has 2 heterocycles. The quantitative estimate of drug-likeness (QED) is 0.733. The fourth-order valence-electron chi connectivity index (χ4n) is 4.22. The number of hydrogen-bond donors (Lipinski definition) is 0. The van der Waals surface area contributed by atoms with Crippen LogP contribution in [0.3, 0.4) is 0 Å². The van der Waals surface area contributed by atoms with Crippen LogP contribution >= 0.6 is 0 Å². The van der Waals surface area contributed by atoms with E-state index in [0.717, 1.165) is 49.7 Å². The Labute approximate surface area is 166 Å². The van der Waals surface area contributed by atoms with Crippen molar-refractivity contribution < 1.29 is 14.1 Å². The van der Waals surface area contributed by atoms with E-state index in [9.17, 15) is 4.79 Å². The van der Waals surface area contributed by atoms with Crippen LogP contribution in [0.25, 0.3) is 0 Å². The average molecular weight is 383 g/mol. The van der Waals surface area contributed by atoms with Crippen LogP contribution in [0.4, 0.5) is 0 Å². The molecule has 1 amide bonds. The van der Waals surface area contributed by atoms with Crippen LogP contribution in [0, 0.1) is 12.8 Å². The fourth-order valence-corrected chi connectivity index (χ4v) is 4.22. The molecule has 0 atom stereocenters. The highest BCUT2D eigenvalue weighted by molar-refractivity contribution is 5.79. The molecule has 1 saturated carbocycles. The number of carbonyl (C=O) groups is 1. The van der Waals surface area contributed by atoms with Crippen molar-refractivity contribution in [2.45, 2.75) is 57.5 Å². The lowest BCUT2D eigenvalue weighted by Gasteiger charge is -2.40. The number of hydrogen-bond acceptors (Lipinski definition) is 5. The molecule has 150 valence electrons. The van der Waals surface area contributed by atoms with E-state index < -0.39 is 0 Å². The van der Waals surface area contributed by atoms with E-state index in [0.29, 0.717) is 18.9 Å². The minimum absolute atomic E-state index is 0.0721. The van der Waals surface area contributed by atoms with Gasteiger partial charge in [0.15, 0.2) is 5.82 Å². The van der Waals surface area contributed by atoms with Gasteiger partial charge in [-0.25, -0.2) is 0 Å². The lowest BCUT2D eigenvalue weighted by Crippen LogP contribution is -2.46. The minimum Gasteiger partial charge on any atom is -0.375 e. The summed E-state index contributed by atoms with van der Waals surface area (Å²) >= 11 is 0. The molecule has 0 bridgehead atoms. The second-order valence-electron chi connectivity index (χ2n) is 8.42. The number of rotatable bonds is 7. The molecular formula is C22H29N3O3. The number of aromatic nitrogens is 2. The number of carbonyl (C=O) groups excluding carboxylic acids is 1. The molecule has 1 aliphatic heterocycles. The molecule has 28 heavy (non-hydrogen) atoms. The molecule has 6 nitrogen and oxygen atoms in total. The minimum atomic E-state index is -0.0721. The van der Waals surface area contributed by atoms with Gasteiger partial charge < -0.3 is 14.2 Å². The van der Waals surface area contributed by atoms with Crippen LogP contribution in [0.5, 0.6) is 0 Å². The molecule has 0 unspecified atom stereocenters. The zero-order valence-electron chi connectivity index (χ0n) is 16.8. The van der Waals surface area contributed by atoms with Gasteiger partial charge in [-0.15, -0.1) is 0 Å². The Morgan fingerprint density at radius 2 is 1.96 bits per heavy atom. The summed E-state index contributed by atoms with van der Waals surface area (Å²) in [5.74, 6) is 2.30. The Bertz CT molecular complexity index is 803. The molecule has 0 N–H and O–H groups in total. The molecule has 1 aromatic carbocycles. The van der Waals surface area contributed by atoms with Gasteiger partial charge >= 0.3 is 0 Å². The normalized spacial score (nSPS) is 19.0. The van der Waals surface area contributed by atoms with Crippen LogP contribution in [-0.4, -0.2) is 41.1 Å². The zero-order chi connectivity index (χ0) is 19.6. The first-order valence-electron chi connectivity index (χ1n) is 10.2. The molecular weight excluding hydrogens is 354 g/mol. The maximum absolute atomic E-state index is 12.8. The monoisotopic (exact) mass is 383 g/mol. The number of aryl methyl sites for hydroxylation is 1. The van der Waals surface area contributed by atoms with Crippen LogP contribution in [0.2, 0.25) is 0 Å². The molecule has 0 spiro atoms. The van der Waals surface area contributed by atoms with E-state index in [4.69, 9.17) is 9.26 Å².